The number of hydrogen-bond acceptors (Lipinski definition) is 5. The first-order chi connectivity index (χ1) is 15.3. The van der Waals surface area contributed by atoms with Gasteiger partial charge in [0.15, 0.2) is 11.5 Å². The van der Waals surface area contributed by atoms with E-state index in [2.05, 4.69) is 4.74 Å². The Kier molecular flexibility index (Phi) is 6.30. The number of alkyl halides is 2. The minimum Gasteiger partial charge on any atom is -0.457 e. The lowest BCUT2D eigenvalue weighted by Crippen LogP contribution is -2.26. The number of nitrogens with two attached hydrogens (primary N) is 2. The minimum atomic E-state index is -3.68. The van der Waals surface area contributed by atoms with Crippen molar-refractivity contribution in [2.45, 2.75) is 44.6 Å². The Morgan fingerprint density at radius 1 is 0.875 bits per heavy atom. The zero-order valence-corrected chi connectivity index (χ0v) is 17.8. The summed E-state index contributed by atoms with van der Waals surface area (Å²) in [6.07, 6.45) is -2.07. The number of hydrogen-bond donors (Lipinski definition) is 2. The number of benzene rings is 3. The molecule has 168 valence electrons. The van der Waals surface area contributed by atoms with E-state index in [-0.39, 0.29) is 23.6 Å². The summed E-state index contributed by atoms with van der Waals surface area (Å²) in [6, 6.07) is 19.7. The summed E-state index contributed by atoms with van der Waals surface area (Å²) in [5.74, 6) is 1.47. The molecular formula is C25H26F2N2O3. The highest BCUT2D eigenvalue weighted by Crippen LogP contribution is 2.45. The fraction of sp³-hybridized carbons (Fsp3) is 0.280. The van der Waals surface area contributed by atoms with Gasteiger partial charge < -0.3 is 25.7 Å². The topological polar surface area (TPSA) is 79.7 Å². The van der Waals surface area contributed by atoms with Crippen LogP contribution in [0.1, 0.15) is 48.5 Å². The highest BCUT2D eigenvalue weighted by atomic mass is 19.3. The number of para-hydroxylation sites is 1. The summed E-state index contributed by atoms with van der Waals surface area (Å²) in [6.45, 7) is 1.93. The second kappa shape index (κ2) is 9.14. The highest BCUT2D eigenvalue weighted by Gasteiger charge is 2.44. The molecular weight excluding hydrogens is 414 g/mol. The van der Waals surface area contributed by atoms with Gasteiger partial charge in [0.05, 0.1) is 0 Å². The van der Waals surface area contributed by atoms with Gasteiger partial charge in [-0.2, -0.15) is 0 Å². The first kappa shape index (κ1) is 22.0. The summed E-state index contributed by atoms with van der Waals surface area (Å²) in [7, 11) is 0. The van der Waals surface area contributed by atoms with Gasteiger partial charge in [0.2, 0.25) is 0 Å². The van der Waals surface area contributed by atoms with Gasteiger partial charge in [0.25, 0.3) is 0 Å². The van der Waals surface area contributed by atoms with Crippen LogP contribution in [0.4, 0.5) is 8.78 Å². The molecule has 5 nitrogen and oxygen atoms in total. The molecule has 0 aromatic heterocycles. The van der Waals surface area contributed by atoms with Crippen LogP contribution in [0, 0.1) is 0 Å². The molecule has 3 aromatic rings. The molecule has 1 aliphatic rings. The van der Waals surface area contributed by atoms with E-state index in [0.29, 0.717) is 30.6 Å². The van der Waals surface area contributed by atoms with Crippen molar-refractivity contribution in [3.63, 3.8) is 0 Å². The summed E-state index contributed by atoms with van der Waals surface area (Å²) < 4.78 is 42.7. The lowest BCUT2D eigenvalue weighted by molar-refractivity contribution is -0.286. The molecule has 0 saturated heterocycles. The minimum absolute atomic E-state index is 0.0122. The lowest BCUT2D eigenvalue weighted by Gasteiger charge is -2.16. The van der Waals surface area contributed by atoms with Crippen molar-refractivity contribution in [3.05, 3.63) is 83.4 Å². The second-order valence-electron chi connectivity index (χ2n) is 7.82. The highest BCUT2D eigenvalue weighted by molar-refractivity contribution is 5.52. The number of rotatable bonds is 8. The van der Waals surface area contributed by atoms with Crippen molar-refractivity contribution >= 4 is 0 Å². The summed E-state index contributed by atoms with van der Waals surface area (Å²) in [4.78, 5) is 0. The molecule has 0 amide bonds. The smallest absolute Gasteiger partial charge is 0.457 e. The van der Waals surface area contributed by atoms with Crippen molar-refractivity contribution in [3.8, 4) is 23.0 Å². The zero-order chi connectivity index (χ0) is 22.7. The van der Waals surface area contributed by atoms with Crippen molar-refractivity contribution in [1.82, 2.24) is 0 Å². The van der Waals surface area contributed by atoms with Crippen molar-refractivity contribution < 1.29 is 23.0 Å². The monoisotopic (exact) mass is 440 g/mol. The molecule has 2 unspecified atom stereocenters. The third-order valence-electron chi connectivity index (χ3n) is 5.46. The van der Waals surface area contributed by atoms with Crippen LogP contribution in [0.25, 0.3) is 0 Å². The molecule has 7 heteroatoms. The average molecular weight is 440 g/mol. The van der Waals surface area contributed by atoms with Crippen LogP contribution >= 0.6 is 0 Å². The third kappa shape index (κ3) is 5.00. The van der Waals surface area contributed by atoms with Gasteiger partial charge in [-0.15, -0.1) is 8.78 Å². The van der Waals surface area contributed by atoms with Crippen molar-refractivity contribution in [1.29, 1.82) is 0 Å². The van der Waals surface area contributed by atoms with Crippen molar-refractivity contribution in [2.75, 3.05) is 0 Å². The molecule has 0 bridgehead atoms. The van der Waals surface area contributed by atoms with Gasteiger partial charge in [0, 0.05) is 12.1 Å². The number of aryl methyl sites for hydroxylation is 1. The Morgan fingerprint density at radius 3 is 2.38 bits per heavy atom. The van der Waals surface area contributed by atoms with E-state index in [9.17, 15) is 8.78 Å². The summed E-state index contributed by atoms with van der Waals surface area (Å²) in [5, 5.41) is 0. The number of halogens is 2. The quantitative estimate of drug-likeness (QED) is 0.460. The van der Waals surface area contributed by atoms with Gasteiger partial charge in [-0.1, -0.05) is 43.3 Å². The Balaban J connectivity index is 1.50. The Hall–Kier alpha value is -3.16. The van der Waals surface area contributed by atoms with Crippen LogP contribution in [-0.2, 0) is 6.42 Å². The molecule has 0 aliphatic carbocycles. The van der Waals surface area contributed by atoms with Crippen LogP contribution in [0.5, 0.6) is 23.0 Å². The molecule has 4 rings (SSSR count). The molecule has 32 heavy (non-hydrogen) atoms. The largest absolute Gasteiger partial charge is 0.586 e. The average Bonchev–Trinajstić information content (AvgIpc) is 3.11. The van der Waals surface area contributed by atoms with Gasteiger partial charge in [-0.3, -0.25) is 0 Å². The Bertz CT molecular complexity index is 1080. The van der Waals surface area contributed by atoms with E-state index >= 15 is 0 Å². The Labute approximate surface area is 185 Å². The fourth-order valence-corrected chi connectivity index (χ4v) is 3.69. The molecule has 1 heterocycles. The first-order valence-corrected chi connectivity index (χ1v) is 10.6. The summed E-state index contributed by atoms with van der Waals surface area (Å²) >= 11 is 0. The fourth-order valence-electron chi connectivity index (χ4n) is 3.69. The Morgan fingerprint density at radius 2 is 1.62 bits per heavy atom. The van der Waals surface area contributed by atoms with Gasteiger partial charge >= 0.3 is 6.29 Å². The molecule has 4 N–H and O–H groups in total. The van der Waals surface area contributed by atoms with Crippen LogP contribution in [0.3, 0.4) is 0 Å². The summed E-state index contributed by atoms with van der Waals surface area (Å²) in [5.41, 5.74) is 14.8. The van der Waals surface area contributed by atoms with Crippen LogP contribution < -0.4 is 25.7 Å². The van der Waals surface area contributed by atoms with Gasteiger partial charge in [-0.25, -0.2) is 0 Å². The maximum Gasteiger partial charge on any atom is 0.586 e. The van der Waals surface area contributed by atoms with E-state index in [1.807, 2.05) is 61.5 Å². The van der Waals surface area contributed by atoms with E-state index in [4.69, 9.17) is 20.9 Å². The maximum absolute atomic E-state index is 13.7. The molecule has 0 radical (unpaired) electrons. The molecule has 2 atom stereocenters. The van der Waals surface area contributed by atoms with Crippen LogP contribution in [-0.4, -0.2) is 6.29 Å². The van der Waals surface area contributed by atoms with Crippen LogP contribution in [0.15, 0.2) is 66.7 Å². The molecule has 1 aliphatic heterocycles. The SMILES string of the molecule is CCC(N)c1cc(CCC(N)c2cccc(Oc3ccccc3)c2)c2c(c1)OC(F)(F)O2. The maximum atomic E-state index is 13.7. The zero-order valence-electron chi connectivity index (χ0n) is 17.8. The predicted octanol–water partition coefficient (Wildman–Crippen LogP) is 5.84. The predicted molar refractivity (Wildman–Crippen MR) is 118 cm³/mol. The number of fused-ring (bicyclic) bond motifs is 1. The van der Waals surface area contributed by atoms with Gasteiger partial charge in [0.1, 0.15) is 11.5 Å². The molecule has 0 fully saturated rings. The van der Waals surface area contributed by atoms with E-state index < -0.39 is 6.29 Å². The van der Waals surface area contributed by atoms with Crippen LogP contribution in [0.2, 0.25) is 0 Å². The van der Waals surface area contributed by atoms with Crippen molar-refractivity contribution in [2.24, 2.45) is 11.5 Å². The normalized spacial score (nSPS) is 15.9. The van der Waals surface area contributed by atoms with E-state index in [1.165, 1.54) is 6.07 Å². The third-order valence-corrected chi connectivity index (χ3v) is 5.46. The number of ether oxygens (including phenoxy) is 3. The molecule has 0 spiro atoms. The lowest BCUT2D eigenvalue weighted by atomic mass is 9.95. The standard InChI is InChI=1S/C25H26F2N2O3/c1-2-21(28)18-13-17(24-23(15-18)31-25(26,27)32-24)11-12-22(29)16-7-6-10-20(14-16)30-19-8-4-3-5-9-19/h3-10,13-15,21-22H,2,11-12,28-29H2,1H3. The van der Waals surface area contributed by atoms with E-state index in [1.54, 1.807) is 6.07 Å². The molecule has 0 saturated carbocycles. The first-order valence-electron chi connectivity index (χ1n) is 10.6. The molecule has 3 aromatic carbocycles. The second-order valence-corrected chi connectivity index (χ2v) is 7.82. The van der Waals surface area contributed by atoms with E-state index in [0.717, 1.165) is 16.9 Å². The van der Waals surface area contributed by atoms with Gasteiger partial charge in [-0.05, 0) is 66.3 Å².